The number of alkyl carbamates (subject to hydrolysis) is 1. The average molecular weight is 842 g/mol. The van der Waals surface area contributed by atoms with Crippen LogP contribution in [-0.2, 0) is 11.3 Å². The number of phenols is 1. The highest BCUT2D eigenvalue weighted by atomic mass is 16.6. The van der Waals surface area contributed by atoms with E-state index in [9.17, 15) is 24.6 Å². The van der Waals surface area contributed by atoms with Gasteiger partial charge >= 0.3 is 6.09 Å². The average Bonchev–Trinajstić information content (AvgIpc) is 3.31. The molecule has 3 saturated heterocycles. The Balaban J connectivity index is 0.862. The van der Waals surface area contributed by atoms with E-state index in [1.165, 1.54) is 31.4 Å². The molecule has 2 amide bonds. The van der Waals surface area contributed by atoms with Crippen molar-refractivity contribution in [2.24, 2.45) is 11.8 Å². The molecule has 1 aromatic heterocycles. The number of nitrogens with one attached hydrogen (secondary N) is 3. The van der Waals surface area contributed by atoms with Crippen molar-refractivity contribution < 1.29 is 29.3 Å². The minimum atomic E-state index is -0.853. The molecule has 0 radical (unpaired) electrons. The standard InChI is InChI=1S/C50H59N5O7/c56-43-21-19-41(42-20-22-46(58)52-48(42)43)44(57)30-51-25-8-26-55(31-34-9-3-1-4-10-34)49(59)38-17-15-35(16-18-38)33-61-40-14-7-13-39(29-40)47(37-11-5-2-6-12-37)53-50(60)62-45-32-54-27-23-36(45)24-28-54/h2,5-7,11-22,29,34,36,44-45,47,51,56-57H,1,3-4,8-10,23-28,30-33H2,(H,52,58)(H,53,60)/t44?,45?,47-/m0/s1. The Morgan fingerprint density at radius 1 is 0.871 bits per heavy atom. The van der Waals surface area contributed by atoms with E-state index in [1.54, 1.807) is 12.1 Å². The van der Waals surface area contributed by atoms with E-state index < -0.39 is 18.2 Å². The molecule has 12 heteroatoms. The number of aromatic amines is 1. The minimum Gasteiger partial charge on any atom is -0.506 e. The number of carbonyl (C=O) groups excluding carboxylic acids is 2. The molecule has 2 bridgehead atoms. The van der Waals surface area contributed by atoms with E-state index in [4.69, 9.17) is 9.47 Å². The van der Waals surface area contributed by atoms with Crippen LogP contribution in [0.25, 0.3) is 10.9 Å². The van der Waals surface area contributed by atoms with Crippen molar-refractivity contribution in [2.75, 3.05) is 45.8 Å². The van der Waals surface area contributed by atoms with Gasteiger partial charge in [0.25, 0.3) is 5.91 Å². The van der Waals surface area contributed by atoms with Crippen LogP contribution in [0.2, 0.25) is 0 Å². The molecule has 0 spiro atoms. The summed E-state index contributed by atoms with van der Waals surface area (Å²) in [5.74, 6) is 1.53. The number of amides is 2. The lowest BCUT2D eigenvalue weighted by Gasteiger charge is -2.43. The lowest BCUT2D eigenvalue weighted by Crippen LogP contribution is -2.52. The quantitative estimate of drug-likeness (QED) is 0.0600. The van der Waals surface area contributed by atoms with Crippen LogP contribution >= 0.6 is 0 Å². The molecule has 4 fully saturated rings. The van der Waals surface area contributed by atoms with E-state index >= 15 is 0 Å². The van der Waals surface area contributed by atoms with E-state index in [0.717, 1.165) is 68.6 Å². The molecule has 3 atom stereocenters. The smallest absolute Gasteiger partial charge is 0.408 e. The molecule has 3 aliphatic heterocycles. The number of rotatable bonds is 17. The van der Waals surface area contributed by atoms with Crippen LogP contribution in [0.3, 0.4) is 0 Å². The number of aliphatic hydroxyl groups excluding tert-OH is 1. The summed E-state index contributed by atoms with van der Waals surface area (Å²) in [6, 6.07) is 31.1. The van der Waals surface area contributed by atoms with Gasteiger partial charge in [-0.15, -0.1) is 0 Å². The minimum absolute atomic E-state index is 0.00631. The van der Waals surface area contributed by atoms with Crippen molar-refractivity contribution in [1.82, 2.24) is 25.4 Å². The summed E-state index contributed by atoms with van der Waals surface area (Å²) in [5.41, 5.74) is 3.99. The molecule has 4 aliphatic rings. The molecule has 5 N–H and O–H groups in total. The molecular weight excluding hydrogens is 783 g/mol. The van der Waals surface area contributed by atoms with Crippen molar-refractivity contribution in [1.29, 1.82) is 0 Å². The number of pyridine rings is 1. The molecule has 9 rings (SSSR count). The van der Waals surface area contributed by atoms with Crippen LogP contribution < -0.4 is 20.9 Å². The second-order valence-corrected chi connectivity index (χ2v) is 17.2. The van der Waals surface area contributed by atoms with Crippen LogP contribution in [0.1, 0.15) is 96.1 Å². The van der Waals surface area contributed by atoms with Gasteiger partial charge in [-0.25, -0.2) is 4.79 Å². The predicted molar refractivity (Wildman–Crippen MR) is 239 cm³/mol. The third kappa shape index (κ3) is 10.8. The molecule has 4 aromatic carbocycles. The summed E-state index contributed by atoms with van der Waals surface area (Å²) >= 11 is 0. The number of hydrogen-bond acceptors (Lipinski definition) is 9. The summed E-state index contributed by atoms with van der Waals surface area (Å²) in [7, 11) is 0. The Morgan fingerprint density at radius 3 is 2.40 bits per heavy atom. The maximum absolute atomic E-state index is 14.0. The lowest BCUT2D eigenvalue weighted by atomic mass is 9.86. The van der Waals surface area contributed by atoms with Crippen LogP contribution in [0.5, 0.6) is 11.5 Å². The number of ether oxygens (including phenoxy) is 2. The molecule has 1 aliphatic carbocycles. The highest BCUT2D eigenvalue weighted by molar-refractivity contribution is 5.94. The molecule has 4 heterocycles. The molecule has 2 unspecified atom stereocenters. The summed E-state index contributed by atoms with van der Waals surface area (Å²) in [4.78, 5) is 46.2. The summed E-state index contributed by atoms with van der Waals surface area (Å²) in [6.07, 6.45) is 7.39. The second kappa shape index (κ2) is 20.5. The molecule has 5 aromatic rings. The van der Waals surface area contributed by atoms with Crippen LogP contribution in [0.4, 0.5) is 4.79 Å². The monoisotopic (exact) mass is 841 g/mol. The van der Waals surface area contributed by atoms with Crippen molar-refractivity contribution >= 4 is 22.9 Å². The Bertz CT molecular complexity index is 2320. The SMILES string of the molecule is O=C(N[C@@H](c1ccccc1)c1cccc(OCc2ccc(C(=O)N(CCCNCC(O)c3ccc(O)c4[nH]c(=O)ccc34)CC3CCCCC3)cc2)c1)OC1CN2CCC1CC2. The number of hydrogen-bond donors (Lipinski definition) is 5. The second-order valence-electron chi connectivity index (χ2n) is 17.2. The first-order chi connectivity index (χ1) is 30.3. The third-order valence-corrected chi connectivity index (χ3v) is 12.9. The van der Waals surface area contributed by atoms with Gasteiger partial charge in [0.05, 0.1) is 17.7 Å². The van der Waals surface area contributed by atoms with Crippen LogP contribution in [-0.4, -0.2) is 88.9 Å². The number of H-pyrrole nitrogens is 1. The zero-order valence-electron chi connectivity index (χ0n) is 35.3. The first-order valence-electron chi connectivity index (χ1n) is 22.4. The summed E-state index contributed by atoms with van der Waals surface area (Å²) in [6.45, 7) is 5.45. The number of aromatic nitrogens is 1. The van der Waals surface area contributed by atoms with Gasteiger partial charge in [-0.05, 0) is 122 Å². The zero-order chi connectivity index (χ0) is 42.8. The lowest BCUT2D eigenvalue weighted by molar-refractivity contribution is -0.0336. The number of benzene rings is 4. The van der Waals surface area contributed by atoms with Crippen molar-refractivity contribution in [3.05, 3.63) is 141 Å². The van der Waals surface area contributed by atoms with Gasteiger partial charge in [0.15, 0.2) is 0 Å². The predicted octanol–water partition coefficient (Wildman–Crippen LogP) is 7.46. The topological polar surface area (TPSA) is 156 Å². The number of piperidine rings is 3. The third-order valence-electron chi connectivity index (χ3n) is 12.9. The van der Waals surface area contributed by atoms with Gasteiger partial charge in [-0.1, -0.05) is 79.9 Å². The maximum atomic E-state index is 14.0. The molecule has 12 nitrogen and oxygen atoms in total. The fraction of sp³-hybridized carbons (Fsp3) is 0.420. The molecule has 62 heavy (non-hydrogen) atoms. The first-order valence-corrected chi connectivity index (χ1v) is 22.4. The zero-order valence-corrected chi connectivity index (χ0v) is 35.3. The van der Waals surface area contributed by atoms with Gasteiger partial charge in [0, 0.05) is 43.2 Å². The number of phenolic OH excluding ortho intramolecular Hbond substituents is 1. The van der Waals surface area contributed by atoms with E-state index in [1.807, 2.05) is 83.8 Å². The van der Waals surface area contributed by atoms with Crippen LogP contribution in [0.15, 0.2) is 108 Å². The fourth-order valence-electron chi connectivity index (χ4n) is 9.47. The maximum Gasteiger partial charge on any atom is 0.408 e. The van der Waals surface area contributed by atoms with Crippen molar-refractivity contribution in [3.8, 4) is 11.5 Å². The van der Waals surface area contributed by atoms with Gasteiger partial charge in [-0.3, -0.25) is 14.5 Å². The Morgan fingerprint density at radius 2 is 1.65 bits per heavy atom. The number of nitrogens with zero attached hydrogens (tertiary/aromatic N) is 2. The molecule has 1 saturated carbocycles. The highest BCUT2D eigenvalue weighted by Gasteiger charge is 2.37. The van der Waals surface area contributed by atoms with Gasteiger partial charge in [0.2, 0.25) is 5.56 Å². The van der Waals surface area contributed by atoms with Crippen molar-refractivity contribution in [3.63, 3.8) is 0 Å². The number of aromatic hydroxyl groups is 1. The normalized spacial score (nSPS) is 19.7. The summed E-state index contributed by atoms with van der Waals surface area (Å²) < 4.78 is 12.3. The largest absolute Gasteiger partial charge is 0.506 e. The molecule has 326 valence electrons. The molecular formula is C50H59N5O7. The Labute approximate surface area is 363 Å². The fourth-order valence-corrected chi connectivity index (χ4v) is 9.47. The van der Waals surface area contributed by atoms with E-state index in [-0.39, 0.29) is 29.9 Å². The van der Waals surface area contributed by atoms with E-state index in [2.05, 4.69) is 20.5 Å². The number of carbonyl (C=O) groups is 2. The van der Waals surface area contributed by atoms with Crippen molar-refractivity contribution in [2.45, 2.75) is 76.2 Å². The number of fused-ring (bicyclic) bond motifs is 4. The highest BCUT2D eigenvalue weighted by Crippen LogP contribution is 2.32. The van der Waals surface area contributed by atoms with Gasteiger partial charge < -0.3 is 40.2 Å². The summed E-state index contributed by atoms with van der Waals surface area (Å²) in [5, 5.41) is 28.3. The Kier molecular flexibility index (Phi) is 14.2. The Hall–Kier alpha value is -5.69. The van der Waals surface area contributed by atoms with Crippen LogP contribution in [0, 0.1) is 11.8 Å². The van der Waals surface area contributed by atoms with E-state index in [0.29, 0.717) is 65.7 Å². The van der Waals surface area contributed by atoms with Gasteiger partial charge in [-0.2, -0.15) is 0 Å². The number of aliphatic hydroxyl groups is 1. The first kappa shape index (κ1) is 43.0. The van der Waals surface area contributed by atoms with Gasteiger partial charge in [0.1, 0.15) is 24.2 Å².